The van der Waals surface area contributed by atoms with Crippen molar-refractivity contribution in [2.75, 3.05) is 11.1 Å². The summed E-state index contributed by atoms with van der Waals surface area (Å²) in [6.45, 7) is -0.751. The molecule has 1 amide bonds. The highest BCUT2D eigenvalue weighted by Gasteiger charge is 2.40. The van der Waals surface area contributed by atoms with Crippen molar-refractivity contribution < 1.29 is 36.1 Å². The molecule has 0 spiro atoms. The Morgan fingerprint density at radius 3 is 2.15 bits per heavy atom. The molecule has 0 saturated heterocycles. The predicted molar refractivity (Wildman–Crippen MR) is 138 cm³/mol. The van der Waals surface area contributed by atoms with E-state index in [0.29, 0.717) is 16.9 Å². The molecule has 0 bridgehead atoms. The summed E-state index contributed by atoms with van der Waals surface area (Å²) in [4.78, 5) is 27.5. The number of pyridine rings is 1. The summed E-state index contributed by atoms with van der Waals surface area (Å²) in [5.41, 5.74) is 8.20. The van der Waals surface area contributed by atoms with E-state index in [1.54, 1.807) is 30.3 Å². The Kier molecular flexibility index (Phi) is 7.86. The molecule has 0 aliphatic carbocycles. The highest BCUT2D eigenvalue weighted by atomic mass is 32.2. The summed E-state index contributed by atoms with van der Waals surface area (Å²) in [7, 11) is -3.59. The number of aromatic nitrogens is 1. The third-order valence-corrected chi connectivity index (χ3v) is 7.48. The molecule has 1 aromatic heterocycles. The molecule has 0 radical (unpaired) electrons. The lowest BCUT2D eigenvalue weighted by molar-refractivity contribution is -0.201. The van der Waals surface area contributed by atoms with Crippen molar-refractivity contribution in [3.63, 3.8) is 0 Å². The molecule has 0 fully saturated rings. The maximum atomic E-state index is 13.2. The summed E-state index contributed by atoms with van der Waals surface area (Å²) in [5.74, 6) is -3.27. The van der Waals surface area contributed by atoms with Gasteiger partial charge < -0.3 is 15.8 Å². The molecule has 1 atom stereocenters. The zero-order valence-electron chi connectivity index (χ0n) is 20.4. The molecular weight excluding hydrogens is 552 g/mol. The molecule has 40 heavy (non-hydrogen) atoms. The van der Waals surface area contributed by atoms with Crippen molar-refractivity contribution in [3.05, 3.63) is 102 Å². The van der Waals surface area contributed by atoms with Crippen LogP contribution in [0.25, 0.3) is 11.1 Å². The van der Waals surface area contributed by atoms with Gasteiger partial charge in [-0.2, -0.15) is 13.2 Å². The zero-order chi connectivity index (χ0) is 29.1. The second kappa shape index (κ2) is 11.1. The Labute approximate surface area is 225 Å². The average Bonchev–Trinajstić information content (AvgIpc) is 2.93. The molecule has 1 heterocycles. The lowest BCUT2D eigenvalue weighted by atomic mass is 10.0. The molecule has 3 aromatic carbocycles. The van der Waals surface area contributed by atoms with Crippen LogP contribution in [0.2, 0.25) is 0 Å². The number of nitrogen functional groups attached to an aromatic ring is 1. The minimum Gasteiger partial charge on any atom is -0.453 e. The van der Waals surface area contributed by atoms with Crippen molar-refractivity contribution in [3.8, 4) is 11.1 Å². The van der Waals surface area contributed by atoms with Crippen LogP contribution in [0, 0.1) is 10.6 Å². The van der Waals surface area contributed by atoms with Gasteiger partial charge in [-0.05, 0) is 71.8 Å². The van der Waals surface area contributed by atoms with Crippen LogP contribution in [0.1, 0.15) is 16.1 Å². The Balaban J connectivity index is 1.46. The highest BCUT2D eigenvalue weighted by Crippen LogP contribution is 2.28. The Morgan fingerprint density at radius 1 is 0.925 bits per heavy atom. The second-order valence-electron chi connectivity index (χ2n) is 8.40. The van der Waals surface area contributed by atoms with E-state index in [9.17, 15) is 31.4 Å². The number of anilines is 2. The van der Waals surface area contributed by atoms with Gasteiger partial charge in [-0.25, -0.2) is 18.2 Å². The summed E-state index contributed by atoms with van der Waals surface area (Å²) in [6.07, 6.45) is -4.09. The van der Waals surface area contributed by atoms with E-state index in [0.717, 1.165) is 11.8 Å². The molecule has 0 saturated carbocycles. The quantitative estimate of drug-likeness (QED) is 0.146. The number of hydrogen-bond donors (Lipinski definition) is 3. The molecule has 206 valence electrons. The number of rotatable bonds is 7. The van der Waals surface area contributed by atoms with Gasteiger partial charge >= 0.3 is 12.1 Å². The van der Waals surface area contributed by atoms with Crippen LogP contribution in [-0.4, -0.2) is 27.2 Å². The van der Waals surface area contributed by atoms with E-state index in [-0.39, 0.29) is 26.9 Å². The summed E-state index contributed by atoms with van der Waals surface area (Å²) < 4.78 is 75.6. The van der Waals surface area contributed by atoms with Crippen molar-refractivity contribution in [1.82, 2.24) is 4.98 Å². The number of benzene rings is 3. The van der Waals surface area contributed by atoms with Crippen molar-refractivity contribution in [2.24, 2.45) is 0 Å². The Hall–Kier alpha value is -4.78. The fourth-order valence-corrected chi connectivity index (χ4v) is 4.75. The number of amides is 1. The van der Waals surface area contributed by atoms with Gasteiger partial charge in [-0.15, -0.1) is 0 Å². The number of alkyl halides is 3. The van der Waals surface area contributed by atoms with E-state index in [1.165, 1.54) is 48.5 Å². The number of esters is 1. The molecule has 4 N–H and O–H groups in total. The molecule has 1 unspecified atom stereocenters. The van der Waals surface area contributed by atoms with Gasteiger partial charge in [0.25, 0.3) is 5.91 Å². The van der Waals surface area contributed by atoms with Crippen LogP contribution in [-0.2, 0) is 25.9 Å². The van der Waals surface area contributed by atoms with Crippen LogP contribution in [0.5, 0.6) is 0 Å². The molecule has 0 aliphatic heterocycles. The van der Waals surface area contributed by atoms with Gasteiger partial charge in [0.05, 0.1) is 26.9 Å². The Bertz CT molecular complexity index is 1660. The largest absolute Gasteiger partial charge is 0.490 e. The summed E-state index contributed by atoms with van der Waals surface area (Å²) >= 11 is 0. The Morgan fingerprint density at radius 2 is 1.55 bits per heavy atom. The molecule has 4 rings (SSSR count). The van der Waals surface area contributed by atoms with Crippen molar-refractivity contribution in [2.45, 2.75) is 22.6 Å². The van der Waals surface area contributed by atoms with Crippen molar-refractivity contribution in [1.29, 1.82) is 4.78 Å². The molecule has 0 aliphatic rings. The first-order valence-corrected chi connectivity index (χ1v) is 12.9. The molecule has 13 heteroatoms. The minimum atomic E-state index is -5.14. The number of hydrogen-bond acceptors (Lipinski definition) is 7. The fourth-order valence-electron chi connectivity index (χ4n) is 3.50. The summed E-state index contributed by atoms with van der Waals surface area (Å²) in [6, 6.07) is 18.6. The van der Waals surface area contributed by atoms with Crippen LogP contribution in [0.15, 0.2) is 94.9 Å². The lowest BCUT2D eigenvalue weighted by Gasteiger charge is -2.12. The van der Waals surface area contributed by atoms with Crippen LogP contribution in [0.4, 0.5) is 28.9 Å². The standard InChI is InChI=1S/C27H20F4N4O4S/c28-19-6-1-16(2-7-19)18-5-12-23(32)24(13-18)35-25(36)17-3-9-21(10-4-17)40(33,38)22-11-8-20(34-14-22)15-39-26(37)27(29,30)31/h1-14,33H,15,32H2,(H,35,36). The third kappa shape index (κ3) is 6.43. The van der Waals surface area contributed by atoms with Gasteiger partial charge in [0.1, 0.15) is 22.2 Å². The van der Waals surface area contributed by atoms with E-state index < -0.39 is 34.4 Å². The average molecular weight is 573 g/mol. The maximum absolute atomic E-state index is 13.2. The fraction of sp³-hybridized carbons (Fsp3) is 0.0741. The third-order valence-electron chi connectivity index (χ3n) is 5.64. The van der Waals surface area contributed by atoms with E-state index >= 15 is 0 Å². The SMILES string of the molecule is N=S(=O)(c1ccc(C(=O)Nc2cc(-c3ccc(F)cc3)ccc2N)cc1)c1ccc(COC(=O)C(F)(F)F)nc1. The topological polar surface area (TPSA) is 135 Å². The number of ether oxygens (including phenoxy) is 1. The van der Waals surface area contributed by atoms with Gasteiger partial charge in [0.2, 0.25) is 0 Å². The lowest BCUT2D eigenvalue weighted by Crippen LogP contribution is -2.25. The summed E-state index contributed by atoms with van der Waals surface area (Å²) in [5, 5.41) is 2.70. The smallest absolute Gasteiger partial charge is 0.453 e. The number of nitrogens with two attached hydrogens (primary N) is 1. The number of nitrogens with one attached hydrogen (secondary N) is 2. The zero-order valence-corrected chi connectivity index (χ0v) is 21.2. The number of carbonyl (C=O) groups excluding carboxylic acids is 2. The maximum Gasteiger partial charge on any atom is 0.490 e. The first-order valence-electron chi connectivity index (χ1n) is 11.4. The van der Waals surface area contributed by atoms with Gasteiger partial charge in [0, 0.05) is 11.8 Å². The van der Waals surface area contributed by atoms with E-state index in [4.69, 9.17) is 10.5 Å². The first-order chi connectivity index (χ1) is 18.8. The van der Waals surface area contributed by atoms with Gasteiger partial charge in [-0.3, -0.25) is 9.78 Å². The number of nitrogens with zero attached hydrogens (tertiary/aromatic N) is 1. The monoisotopic (exact) mass is 572 g/mol. The van der Waals surface area contributed by atoms with Crippen molar-refractivity contribution >= 4 is 33.0 Å². The van der Waals surface area contributed by atoms with Gasteiger partial charge in [0.15, 0.2) is 0 Å². The molecular formula is C27H20F4N4O4S. The number of halogens is 4. The van der Waals surface area contributed by atoms with Crippen LogP contribution >= 0.6 is 0 Å². The molecule has 8 nitrogen and oxygen atoms in total. The van der Waals surface area contributed by atoms with E-state index in [2.05, 4.69) is 15.0 Å². The van der Waals surface area contributed by atoms with Crippen LogP contribution < -0.4 is 11.1 Å². The van der Waals surface area contributed by atoms with Crippen LogP contribution in [0.3, 0.4) is 0 Å². The minimum absolute atomic E-state index is 0.0358. The van der Waals surface area contributed by atoms with E-state index in [1.807, 2.05) is 0 Å². The first kappa shape index (κ1) is 28.2. The normalized spacial score (nSPS) is 12.8. The van der Waals surface area contributed by atoms with Gasteiger partial charge in [-0.1, -0.05) is 18.2 Å². The highest BCUT2D eigenvalue weighted by molar-refractivity contribution is 7.92. The number of carbonyl (C=O) groups is 2. The predicted octanol–water partition coefficient (Wildman–Crippen LogP) is 5.79. The molecule has 4 aromatic rings. The second-order valence-corrected chi connectivity index (χ2v) is 10.5.